The molecule has 156 valence electrons. The number of rotatable bonds is 6. The van der Waals surface area contributed by atoms with Gasteiger partial charge in [-0.2, -0.15) is 10.2 Å². The fraction of sp³-hybridized carbons (Fsp3) is 0.455. The summed E-state index contributed by atoms with van der Waals surface area (Å²) < 4.78 is 5.39. The van der Waals surface area contributed by atoms with Crippen molar-refractivity contribution in [2.75, 3.05) is 43.1 Å². The van der Waals surface area contributed by atoms with Crippen LogP contribution in [0, 0.1) is 16.7 Å². The molecular formula is C22H26N6O2. The molecule has 4 rings (SSSR count). The van der Waals surface area contributed by atoms with Gasteiger partial charge in [-0.15, -0.1) is 0 Å². The molecule has 1 unspecified atom stereocenters. The third kappa shape index (κ3) is 4.13. The number of morpholine rings is 1. The molecule has 0 bridgehead atoms. The fourth-order valence-corrected chi connectivity index (χ4v) is 3.90. The van der Waals surface area contributed by atoms with Crippen LogP contribution >= 0.6 is 0 Å². The maximum Gasteiger partial charge on any atom is 0.248 e. The molecule has 1 N–H and O–H groups in total. The van der Waals surface area contributed by atoms with Crippen LogP contribution in [0.5, 0.6) is 0 Å². The largest absolute Gasteiger partial charge is 0.379 e. The lowest BCUT2D eigenvalue weighted by atomic mass is 9.85. The number of anilines is 3. The number of carbonyl (C=O) groups excluding carboxylic acids is 1. The van der Waals surface area contributed by atoms with E-state index < -0.39 is 5.41 Å². The number of nitrogens with one attached hydrogen (secondary N) is 1. The Morgan fingerprint density at radius 2 is 1.97 bits per heavy atom. The fourth-order valence-electron chi connectivity index (χ4n) is 3.90. The van der Waals surface area contributed by atoms with E-state index in [9.17, 15) is 10.1 Å². The summed E-state index contributed by atoms with van der Waals surface area (Å²) >= 11 is 0. The molecule has 0 saturated carbocycles. The van der Waals surface area contributed by atoms with Crippen LogP contribution in [0.3, 0.4) is 0 Å². The summed E-state index contributed by atoms with van der Waals surface area (Å²) in [5.74, 6) is 0.767. The van der Waals surface area contributed by atoms with Gasteiger partial charge in [0.1, 0.15) is 11.2 Å². The van der Waals surface area contributed by atoms with Gasteiger partial charge in [-0.25, -0.2) is 4.98 Å². The molecule has 0 aliphatic carbocycles. The van der Waals surface area contributed by atoms with E-state index in [1.165, 1.54) is 5.56 Å². The highest BCUT2D eigenvalue weighted by molar-refractivity contribution is 6.01. The summed E-state index contributed by atoms with van der Waals surface area (Å²) in [4.78, 5) is 25.5. The zero-order valence-corrected chi connectivity index (χ0v) is 17.2. The number of nitrogens with zero attached hydrogens (tertiary/aromatic N) is 5. The Hall–Kier alpha value is -3.02. The quantitative estimate of drug-likeness (QED) is 0.788. The molecule has 2 aliphatic heterocycles. The van der Waals surface area contributed by atoms with Crippen molar-refractivity contribution in [1.29, 1.82) is 5.26 Å². The normalized spacial score (nSPS) is 22.1. The minimum atomic E-state index is -0.936. The van der Waals surface area contributed by atoms with Crippen LogP contribution < -0.4 is 10.2 Å². The van der Waals surface area contributed by atoms with Crippen molar-refractivity contribution in [3.05, 3.63) is 42.1 Å². The van der Waals surface area contributed by atoms with Crippen LogP contribution in [0.4, 0.5) is 17.5 Å². The second-order valence-electron chi connectivity index (χ2n) is 7.70. The number of hydrogen-bond donors (Lipinski definition) is 1. The number of aromatic nitrogens is 2. The summed E-state index contributed by atoms with van der Waals surface area (Å²) in [6, 6.07) is 12.1. The van der Waals surface area contributed by atoms with Crippen LogP contribution in [0.25, 0.3) is 0 Å². The number of amides is 1. The van der Waals surface area contributed by atoms with E-state index in [0.29, 0.717) is 31.2 Å². The topological polar surface area (TPSA) is 94.4 Å². The second kappa shape index (κ2) is 8.78. The van der Waals surface area contributed by atoms with Crippen LogP contribution in [0.15, 0.2) is 36.5 Å². The van der Waals surface area contributed by atoms with E-state index >= 15 is 0 Å². The van der Waals surface area contributed by atoms with Crippen molar-refractivity contribution in [2.24, 2.45) is 5.41 Å². The maximum absolute atomic E-state index is 12.8. The van der Waals surface area contributed by atoms with Gasteiger partial charge in [0.2, 0.25) is 11.9 Å². The molecule has 2 aliphatic rings. The number of ether oxygens (including phenoxy) is 1. The number of benzene rings is 1. The van der Waals surface area contributed by atoms with Gasteiger partial charge >= 0.3 is 0 Å². The molecule has 3 heterocycles. The highest BCUT2D eigenvalue weighted by Gasteiger charge is 2.46. The molecule has 1 aromatic heterocycles. The number of carbonyl (C=O) groups is 1. The van der Waals surface area contributed by atoms with Gasteiger partial charge in [0, 0.05) is 38.1 Å². The lowest BCUT2D eigenvalue weighted by Gasteiger charge is -2.26. The minimum absolute atomic E-state index is 0.176. The molecule has 2 saturated heterocycles. The first kappa shape index (κ1) is 20.3. The Kier molecular flexibility index (Phi) is 5.93. The van der Waals surface area contributed by atoms with E-state index in [-0.39, 0.29) is 5.91 Å². The molecular weight excluding hydrogens is 380 g/mol. The predicted octanol–water partition coefficient (Wildman–Crippen LogP) is 2.71. The van der Waals surface area contributed by atoms with Gasteiger partial charge < -0.3 is 10.1 Å². The molecule has 2 fully saturated rings. The minimum Gasteiger partial charge on any atom is -0.379 e. The highest BCUT2D eigenvalue weighted by atomic mass is 16.5. The average Bonchev–Trinajstić information content (AvgIpc) is 3.13. The molecule has 0 radical (unpaired) electrons. The third-order valence-electron chi connectivity index (χ3n) is 5.87. The SMILES string of the molecule is CCC1(C#N)CCN(c2ccnc(Nc3ccc(CN4CCOCC4)cc3)n2)C1=O. The van der Waals surface area contributed by atoms with Crippen molar-refractivity contribution in [1.82, 2.24) is 14.9 Å². The van der Waals surface area contributed by atoms with Gasteiger partial charge in [-0.05, 0) is 36.6 Å². The van der Waals surface area contributed by atoms with Crippen LogP contribution in [-0.2, 0) is 16.1 Å². The Morgan fingerprint density at radius 3 is 2.63 bits per heavy atom. The van der Waals surface area contributed by atoms with Crippen molar-refractivity contribution < 1.29 is 9.53 Å². The summed E-state index contributed by atoms with van der Waals surface area (Å²) in [6.45, 7) is 6.78. The van der Waals surface area contributed by atoms with Crippen molar-refractivity contribution >= 4 is 23.4 Å². The lowest BCUT2D eigenvalue weighted by Crippen LogP contribution is -2.35. The zero-order valence-electron chi connectivity index (χ0n) is 17.2. The Bertz CT molecular complexity index is 935. The molecule has 1 aromatic carbocycles. The third-order valence-corrected chi connectivity index (χ3v) is 5.87. The molecule has 8 heteroatoms. The van der Waals surface area contributed by atoms with Gasteiger partial charge in [0.25, 0.3) is 0 Å². The van der Waals surface area contributed by atoms with Crippen LogP contribution in [0.1, 0.15) is 25.3 Å². The standard InChI is InChI=1S/C22H26N6O2/c1-2-22(16-23)8-10-28(20(22)29)19-7-9-24-21(26-19)25-18-5-3-17(4-6-18)15-27-11-13-30-14-12-27/h3-7,9H,2,8,10-15H2,1H3,(H,24,25,26). The van der Waals surface area contributed by atoms with Crippen molar-refractivity contribution in [3.8, 4) is 6.07 Å². The molecule has 8 nitrogen and oxygen atoms in total. The molecule has 0 spiro atoms. The molecule has 2 aromatic rings. The van der Waals surface area contributed by atoms with Gasteiger partial charge in [0.05, 0.1) is 19.3 Å². The average molecular weight is 406 g/mol. The van der Waals surface area contributed by atoms with Gasteiger partial charge in [-0.1, -0.05) is 19.1 Å². The number of nitriles is 1. The van der Waals surface area contributed by atoms with Crippen molar-refractivity contribution in [2.45, 2.75) is 26.3 Å². The molecule has 30 heavy (non-hydrogen) atoms. The first-order valence-electron chi connectivity index (χ1n) is 10.4. The smallest absolute Gasteiger partial charge is 0.248 e. The van der Waals surface area contributed by atoms with Gasteiger partial charge in [-0.3, -0.25) is 14.6 Å². The lowest BCUT2D eigenvalue weighted by molar-refractivity contribution is -0.123. The van der Waals surface area contributed by atoms with Crippen LogP contribution in [-0.4, -0.2) is 53.6 Å². The number of hydrogen-bond acceptors (Lipinski definition) is 7. The maximum atomic E-state index is 12.8. The Balaban J connectivity index is 1.42. The first-order chi connectivity index (χ1) is 14.6. The van der Waals surface area contributed by atoms with Crippen molar-refractivity contribution in [3.63, 3.8) is 0 Å². The summed E-state index contributed by atoms with van der Waals surface area (Å²) in [5.41, 5.74) is 1.19. The highest BCUT2D eigenvalue weighted by Crippen LogP contribution is 2.36. The summed E-state index contributed by atoms with van der Waals surface area (Å²) in [5, 5.41) is 12.7. The summed E-state index contributed by atoms with van der Waals surface area (Å²) in [6.07, 6.45) is 2.66. The second-order valence-corrected chi connectivity index (χ2v) is 7.70. The summed E-state index contributed by atoms with van der Waals surface area (Å²) in [7, 11) is 0. The van der Waals surface area contributed by atoms with E-state index in [0.717, 1.165) is 38.5 Å². The Morgan fingerprint density at radius 1 is 1.20 bits per heavy atom. The van der Waals surface area contributed by atoms with E-state index in [1.54, 1.807) is 17.2 Å². The first-order valence-corrected chi connectivity index (χ1v) is 10.4. The van der Waals surface area contributed by atoms with E-state index in [1.807, 2.05) is 19.1 Å². The van der Waals surface area contributed by atoms with Crippen LogP contribution in [0.2, 0.25) is 0 Å². The monoisotopic (exact) mass is 406 g/mol. The molecule has 1 amide bonds. The van der Waals surface area contributed by atoms with E-state index in [2.05, 4.69) is 38.4 Å². The van der Waals surface area contributed by atoms with Gasteiger partial charge in [0.15, 0.2) is 0 Å². The van der Waals surface area contributed by atoms with E-state index in [4.69, 9.17) is 4.74 Å². The predicted molar refractivity (Wildman–Crippen MR) is 113 cm³/mol. The Labute approximate surface area is 176 Å². The zero-order chi connectivity index (χ0) is 21.0. The molecule has 1 atom stereocenters.